The SMILES string of the molecule is Cc1cnc(-c2noc(Cc3c[nH]c4ccccc34)n2)nc1. The molecule has 1 aromatic carbocycles. The van der Waals surface area contributed by atoms with Gasteiger partial charge in [-0.05, 0) is 24.1 Å². The van der Waals surface area contributed by atoms with Gasteiger partial charge in [-0.15, -0.1) is 0 Å². The van der Waals surface area contributed by atoms with Gasteiger partial charge in [-0.1, -0.05) is 23.4 Å². The molecule has 6 nitrogen and oxygen atoms in total. The van der Waals surface area contributed by atoms with Crippen LogP contribution in [-0.2, 0) is 6.42 Å². The molecular weight excluding hydrogens is 278 g/mol. The Bertz CT molecular complexity index is 923. The molecule has 0 aliphatic carbocycles. The van der Waals surface area contributed by atoms with Crippen molar-refractivity contribution in [2.24, 2.45) is 0 Å². The summed E-state index contributed by atoms with van der Waals surface area (Å²) in [6, 6.07) is 8.13. The third kappa shape index (κ3) is 2.24. The number of fused-ring (bicyclic) bond motifs is 1. The normalized spacial score (nSPS) is 11.1. The third-order valence-electron chi connectivity index (χ3n) is 3.47. The molecule has 0 atom stereocenters. The predicted molar refractivity (Wildman–Crippen MR) is 81.2 cm³/mol. The molecule has 3 aromatic heterocycles. The molecule has 3 heterocycles. The van der Waals surface area contributed by atoms with E-state index >= 15 is 0 Å². The maximum Gasteiger partial charge on any atom is 0.240 e. The Balaban J connectivity index is 1.63. The van der Waals surface area contributed by atoms with Crippen molar-refractivity contribution in [2.45, 2.75) is 13.3 Å². The van der Waals surface area contributed by atoms with Crippen molar-refractivity contribution in [3.05, 3.63) is 59.9 Å². The van der Waals surface area contributed by atoms with Crippen molar-refractivity contribution in [2.75, 3.05) is 0 Å². The van der Waals surface area contributed by atoms with Crippen LogP contribution >= 0.6 is 0 Å². The molecule has 0 spiro atoms. The zero-order chi connectivity index (χ0) is 14.9. The molecule has 6 heteroatoms. The Labute approximate surface area is 126 Å². The molecule has 0 unspecified atom stereocenters. The van der Waals surface area contributed by atoms with E-state index in [4.69, 9.17) is 4.52 Å². The van der Waals surface area contributed by atoms with Crippen molar-refractivity contribution in [1.82, 2.24) is 25.1 Å². The van der Waals surface area contributed by atoms with Crippen molar-refractivity contribution >= 4 is 10.9 Å². The average Bonchev–Trinajstić information content (AvgIpc) is 3.16. The lowest BCUT2D eigenvalue weighted by Gasteiger charge is -1.94. The number of nitrogens with one attached hydrogen (secondary N) is 1. The van der Waals surface area contributed by atoms with Gasteiger partial charge in [-0.3, -0.25) is 0 Å². The van der Waals surface area contributed by atoms with Crippen LogP contribution in [0.3, 0.4) is 0 Å². The van der Waals surface area contributed by atoms with Crippen LogP contribution in [0.1, 0.15) is 17.0 Å². The summed E-state index contributed by atoms with van der Waals surface area (Å²) in [4.78, 5) is 16.0. The quantitative estimate of drug-likeness (QED) is 0.627. The number of hydrogen-bond acceptors (Lipinski definition) is 5. The van der Waals surface area contributed by atoms with Crippen LogP contribution in [0.4, 0.5) is 0 Å². The van der Waals surface area contributed by atoms with Crippen LogP contribution < -0.4 is 0 Å². The second kappa shape index (κ2) is 5.07. The maximum absolute atomic E-state index is 5.32. The fourth-order valence-electron chi connectivity index (χ4n) is 2.37. The van der Waals surface area contributed by atoms with Gasteiger partial charge in [0, 0.05) is 29.5 Å². The predicted octanol–water partition coefficient (Wildman–Crippen LogP) is 2.91. The van der Waals surface area contributed by atoms with Crippen molar-refractivity contribution in [1.29, 1.82) is 0 Å². The molecule has 108 valence electrons. The van der Waals surface area contributed by atoms with Gasteiger partial charge in [-0.2, -0.15) is 4.98 Å². The van der Waals surface area contributed by atoms with Gasteiger partial charge < -0.3 is 9.51 Å². The minimum atomic E-state index is 0.412. The number of aromatic nitrogens is 5. The zero-order valence-corrected chi connectivity index (χ0v) is 11.9. The summed E-state index contributed by atoms with van der Waals surface area (Å²) in [6.45, 7) is 1.93. The smallest absolute Gasteiger partial charge is 0.240 e. The Morgan fingerprint density at radius 2 is 1.91 bits per heavy atom. The standard InChI is InChI=1S/C16H13N5O/c1-10-7-18-15(19-8-10)16-20-14(22-21-16)6-11-9-17-13-5-3-2-4-12(11)13/h2-5,7-9,17H,6H2,1H3. The molecule has 0 aliphatic rings. The van der Waals surface area contributed by atoms with Crippen LogP contribution in [-0.4, -0.2) is 25.1 Å². The minimum absolute atomic E-state index is 0.412. The lowest BCUT2D eigenvalue weighted by Crippen LogP contribution is -1.92. The molecule has 0 saturated heterocycles. The first-order valence-electron chi connectivity index (χ1n) is 6.96. The lowest BCUT2D eigenvalue weighted by molar-refractivity contribution is 0.385. The van der Waals surface area contributed by atoms with Crippen molar-refractivity contribution in [3.63, 3.8) is 0 Å². The summed E-state index contributed by atoms with van der Waals surface area (Å²) >= 11 is 0. The Hall–Kier alpha value is -3.02. The maximum atomic E-state index is 5.32. The summed E-state index contributed by atoms with van der Waals surface area (Å²) in [5.74, 6) is 1.43. The molecule has 0 fully saturated rings. The first-order valence-corrected chi connectivity index (χ1v) is 6.96. The van der Waals surface area contributed by atoms with E-state index in [-0.39, 0.29) is 0 Å². The molecule has 0 bridgehead atoms. The summed E-state index contributed by atoms with van der Waals surface area (Å²) < 4.78 is 5.32. The van der Waals surface area contributed by atoms with E-state index in [0.29, 0.717) is 24.0 Å². The number of para-hydroxylation sites is 1. The second-order valence-corrected chi connectivity index (χ2v) is 5.13. The van der Waals surface area contributed by atoms with E-state index in [0.717, 1.165) is 22.0 Å². The summed E-state index contributed by atoms with van der Waals surface area (Å²) in [5, 5.41) is 5.12. The number of aromatic amines is 1. The highest BCUT2D eigenvalue weighted by atomic mass is 16.5. The highest BCUT2D eigenvalue weighted by molar-refractivity contribution is 5.83. The monoisotopic (exact) mass is 291 g/mol. The third-order valence-corrected chi connectivity index (χ3v) is 3.47. The molecule has 22 heavy (non-hydrogen) atoms. The van der Waals surface area contributed by atoms with Crippen LogP contribution in [0.25, 0.3) is 22.6 Å². The number of rotatable bonds is 3. The first-order chi connectivity index (χ1) is 10.8. The Kier molecular flexibility index (Phi) is 2.93. The number of hydrogen-bond donors (Lipinski definition) is 1. The van der Waals surface area contributed by atoms with Crippen LogP contribution in [0.5, 0.6) is 0 Å². The van der Waals surface area contributed by atoms with Gasteiger partial charge in [0.05, 0.1) is 6.42 Å². The highest BCUT2D eigenvalue weighted by Crippen LogP contribution is 2.21. The average molecular weight is 291 g/mol. The molecule has 4 rings (SSSR count). The largest absolute Gasteiger partial charge is 0.361 e. The molecule has 0 saturated carbocycles. The zero-order valence-electron chi connectivity index (χ0n) is 11.9. The van der Waals surface area contributed by atoms with Gasteiger partial charge in [0.15, 0.2) is 0 Å². The van der Waals surface area contributed by atoms with Gasteiger partial charge >= 0.3 is 0 Å². The molecule has 0 amide bonds. The molecule has 0 radical (unpaired) electrons. The Morgan fingerprint density at radius 3 is 2.77 bits per heavy atom. The second-order valence-electron chi connectivity index (χ2n) is 5.13. The van der Waals surface area contributed by atoms with Gasteiger partial charge in [0.1, 0.15) is 0 Å². The number of aryl methyl sites for hydroxylation is 1. The fourth-order valence-corrected chi connectivity index (χ4v) is 2.37. The number of benzene rings is 1. The van der Waals surface area contributed by atoms with Gasteiger partial charge in [0.2, 0.25) is 17.5 Å². The minimum Gasteiger partial charge on any atom is -0.361 e. The van der Waals surface area contributed by atoms with E-state index in [9.17, 15) is 0 Å². The van der Waals surface area contributed by atoms with E-state index in [1.165, 1.54) is 0 Å². The van der Waals surface area contributed by atoms with E-state index in [1.807, 2.05) is 31.3 Å². The van der Waals surface area contributed by atoms with E-state index in [2.05, 4.69) is 31.2 Å². The molecule has 1 N–H and O–H groups in total. The summed E-state index contributed by atoms with van der Waals surface area (Å²) in [7, 11) is 0. The highest BCUT2D eigenvalue weighted by Gasteiger charge is 2.13. The van der Waals surface area contributed by atoms with E-state index in [1.54, 1.807) is 12.4 Å². The summed E-state index contributed by atoms with van der Waals surface area (Å²) in [6.07, 6.45) is 6.01. The topological polar surface area (TPSA) is 80.5 Å². The Morgan fingerprint density at radius 1 is 1.09 bits per heavy atom. The van der Waals surface area contributed by atoms with Crippen molar-refractivity contribution < 1.29 is 4.52 Å². The van der Waals surface area contributed by atoms with E-state index < -0.39 is 0 Å². The first kappa shape index (κ1) is 12.7. The number of nitrogens with zero attached hydrogens (tertiary/aromatic N) is 4. The van der Waals surface area contributed by atoms with Crippen LogP contribution in [0, 0.1) is 6.92 Å². The van der Waals surface area contributed by atoms with Gasteiger partial charge in [-0.25, -0.2) is 9.97 Å². The molecule has 4 aromatic rings. The van der Waals surface area contributed by atoms with Crippen molar-refractivity contribution in [3.8, 4) is 11.6 Å². The lowest BCUT2D eigenvalue weighted by atomic mass is 10.1. The van der Waals surface area contributed by atoms with Crippen LogP contribution in [0.15, 0.2) is 47.4 Å². The van der Waals surface area contributed by atoms with Crippen LogP contribution in [0.2, 0.25) is 0 Å². The van der Waals surface area contributed by atoms with Gasteiger partial charge in [0.25, 0.3) is 0 Å². The fraction of sp³-hybridized carbons (Fsp3) is 0.125. The summed E-state index contributed by atoms with van der Waals surface area (Å²) in [5.41, 5.74) is 3.21. The number of H-pyrrole nitrogens is 1. The molecule has 0 aliphatic heterocycles. The molecular formula is C16H13N5O.